The SMILES string of the molecule is C=C/C=C\C(C)=C/CCC(N)CC. The van der Waals surface area contributed by atoms with E-state index in [-0.39, 0.29) is 0 Å². The van der Waals surface area contributed by atoms with Crippen molar-refractivity contribution in [1.29, 1.82) is 0 Å². The van der Waals surface area contributed by atoms with E-state index in [9.17, 15) is 0 Å². The number of rotatable bonds is 6. The predicted octanol–water partition coefficient (Wildman–Crippen LogP) is 3.19. The summed E-state index contributed by atoms with van der Waals surface area (Å²) in [4.78, 5) is 0. The van der Waals surface area contributed by atoms with Crippen LogP contribution < -0.4 is 5.73 Å². The zero-order valence-electron chi connectivity index (χ0n) is 8.79. The lowest BCUT2D eigenvalue weighted by atomic mass is 10.1. The fourth-order valence-corrected chi connectivity index (χ4v) is 1.02. The van der Waals surface area contributed by atoms with Crippen LogP contribution in [-0.2, 0) is 0 Å². The Morgan fingerprint density at radius 3 is 2.77 bits per heavy atom. The Morgan fingerprint density at radius 1 is 1.54 bits per heavy atom. The smallest absolute Gasteiger partial charge is 0.00391 e. The average Bonchev–Trinajstić information content (AvgIpc) is 2.14. The highest BCUT2D eigenvalue weighted by atomic mass is 14.6. The molecule has 0 aromatic heterocycles. The van der Waals surface area contributed by atoms with Crippen molar-refractivity contribution < 1.29 is 0 Å². The van der Waals surface area contributed by atoms with E-state index in [0.29, 0.717) is 6.04 Å². The average molecular weight is 179 g/mol. The second kappa shape index (κ2) is 7.81. The number of hydrogen-bond donors (Lipinski definition) is 1. The van der Waals surface area contributed by atoms with E-state index in [4.69, 9.17) is 5.73 Å². The molecule has 0 saturated carbocycles. The summed E-state index contributed by atoms with van der Waals surface area (Å²) in [6.45, 7) is 7.84. The van der Waals surface area contributed by atoms with Crippen molar-refractivity contribution in [2.24, 2.45) is 5.73 Å². The quantitative estimate of drug-likeness (QED) is 0.623. The molecule has 1 unspecified atom stereocenters. The van der Waals surface area contributed by atoms with E-state index in [0.717, 1.165) is 19.3 Å². The van der Waals surface area contributed by atoms with Crippen LogP contribution >= 0.6 is 0 Å². The molecule has 0 heterocycles. The molecule has 0 aliphatic rings. The molecule has 1 nitrogen and oxygen atoms in total. The van der Waals surface area contributed by atoms with E-state index in [1.807, 2.05) is 6.08 Å². The number of hydrogen-bond acceptors (Lipinski definition) is 1. The highest BCUT2D eigenvalue weighted by Crippen LogP contribution is 2.03. The lowest BCUT2D eigenvalue weighted by molar-refractivity contribution is 0.602. The Balaban J connectivity index is 3.70. The van der Waals surface area contributed by atoms with Crippen LogP contribution in [0.4, 0.5) is 0 Å². The summed E-state index contributed by atoms with van der Waals surface area (Å²) in [7, 11) is 0. The van der Waals surface area contributed by atoms with Crippen molar-refractivity contribution >= 4 is 0 Å². The second-order valence-electron chi connectivity index (χ2n) is 3.29. The molecule has 0 aromatic carbocycles. The van der Waals surface area contributed by atoms with Gasteiger partial charge in [0.05, 0.1) is 0 Å². The maximum absolute atomic E-state index is 5.80. The van der Waals surface area contributed by atoms with E-state index >= 15 is 0 Å². The van der Waals surface area contributed by atoms with Crippen LogP contribution in [0.3, 0.4) is 0 Å². The minimum atomic E-state index is 0.354. The summed E-state index contributed by atoms with van der Waals surface area (Å²) in [6.07, 6.45) is 11.2. The molecule has 2 N–H and O–H groups in total. The zero-order chi connectivity index (χ0) is 10.1. The molecule has 0 rings (SSSR count). The van der Waals surface area contributed by atoms with Crippen molar-refractivity contribution in [2.45, 2.75) is 39.2 Å². The van der Waals surface area contributed by atoms with Crippen LogP contribution in [0.2, 0.25) is 0 Å². The first-order valence-corrected chi connectivity index (χ1v) is 4.92. The molecular formula is C12H21N. The normalized spacial score (nSPS) is 14.8. The molecule has 0 radical (unpaired) electrons. The van der Waals surface area contributed by atoms with Crippen LogP contribution in [0.25, 0.3) is 0 Å². The number of nitrogens with two attached hydrogens (primary N) is 1. The fourth-order valence-electron chi connectivity index (χ4n) is 1.02. The Bertz CT molecular complexity index is 189. The Morgan fingerprint density at radius 2 is 2.23 bits per heavy atom. The largest absolute Gasteiger partial charge is 0.328 e. The first-order valence-electron chi connectivity index (χ1n) is 4.92. The monoisotopic (exact) mass is 179 g/mol. The molecule has 0 saturated heterocycles. The third-order valence-corrected chi connectivity index (χ3v) is 2.02. The summed E-state index contributed by atoms with van der Waals surface area (Å²) in [5.74, 6) is 0. The molecule has 0 amide bonds. The van der Waals surface area contributed by atoms with Gasteiger partial charge < -0.3 is 5.73 Å². The van der Waals surface area contributed by atoms with Gasteiger partial charge in [-0.15, -0.1) is 0 Å². The van der Waals surface area contributed by atoms with Crippen molar-refractivity contribution in [1.82, 2.24) is 0 Å². The number of allylic oxidation sites excluding steroid dienone is 5. The van der Waals surface area contributed by atoms with Gasteiger partial charge in [-0.1, -0.05) is 43.4 Å². The van der Waals surface area contributed by atoms with Crippen molar-refractivity contribution in [3.05, 3.63) is 36.5 Å². The van der Waals surface area contributed by atoms with Gasteiger partial charge in [-0.2, -0.15) is 0 Å². The van der Waals surface area contributed by atoms with Gasteiger partial charge >= 0.3 is 0 Å². The van der Waals surface area contributed by atoms with Crippen LogP contribution in [0.1, 0.15) is 33.1 Å². The topological polar surface area (TPSA) is 26.0 Å². The summed E-state index contributed by atoms with van der Waals surface area (Å²) in [6, 6.07) is 0.354. The molecule has 0 aromatic rings. The summed E-state index contributed by atoms with van der Waals surface area (Å²) >= 11 is 0. The van der Waals surface area contributed by atoms with E-state index in [1.54, 1.807) is 6.08 Å². The van der Waals surface area contributed by atoms with Crippen LogP contribution in [0, 0.1) is 0 Å². The van der Waals surface area contributed by atoms with Crippen molar-refractivity contribution in [2.75, 3.05) is 0 Å². The summed E-state index contributed by atoms with van der Waals surface area (Å²) in [5.41, 5.74) is 7.08. The Hall–Kier alpha value is -0.820. The second-order valence-corrected chi connectivity index (χ2v) is 3.29. The standard InChI is InChI=1S/C12H21N/c1-4-6-8-11(3)9-7-10-12(13)5-2/h4,6,8-9,12H,1,5,7,10,13H2,2-3H3/b8-6-,11-9-. The molecule has 0 bridgehead atoms. The zero-order valence-corrected chi connectivity index (χ0v) is 8.79. The van der Waals surface area contributed by atoms with Gasteiger partial charge in [-0.25, -0.2) is 0 Å². The minimum Gasteiger partial charge on any atom is -0.328 e. The molecule has 0 spiro atoms. The van der Waals surface area contributed by atoms with E-state index in [1.165, 1.54) is 5.57 Å². The van der Waals surface area contributed by atoms with Gasteiger partial charge in [0.15, 0.2) is 0 Å². The molecule has 0 aliphatic heterocycles. The summed E-state index contributed by atoms with van der Waals surface area (Å²) in [5, 5.41) is 0. The molecular weight excluding hydrogens is 158 g/mol. The van der Waals surface area contributed by atoms with Gasteiger partial charge in [0, 0.05) is 6.04 Å². The molecule has 0 fully saturated rings. The van der Waals surface area contributed by atoms with Crippen molar-refractivity contribution in [3.8, 4) is 0 Å². The highest BCUT2D eigenvalue weighted by molar-refractivity contribution is 5.19. The Kier molecular flexibility index (Phi) is 7.32. The molecule has 1 atom stereocenters. The third-order valence-electron chi connectivity index (χ3n) is 2.02. The van der Waals surface area contributed by atoms with Crippen LogP contribution in [-0.4, -0.2) is 6.04 Å². The fraction of sp³-hybridized carbons (Fsp3) is 0.500. The van der Waals surface area contributed by atoms with Crippen LogP contribution in [0.15, 0.2) is 36.5 Å². The molecule has 1 heteroatoms. The first kappa shape index (κ1) is 12.2. The van der Waals surface area contributed by atoms with Gasteiger partial charge in [0.25, 0.3) is 0 Å². The minimum absolute atomic E-state index is 0.354. The van der Waals surface area contributed by atoms with Crippen molar-refractivity contribution in [3.63, 3.8) is 0 Å². The maximum atomic E-state index is 5.80. The van der Waals surface area contributed by atoms with Gasteiger partial charge in [-0.3, -0.25) is 0 Å². The van der Waals surface area contributed by atoms with E-state index < -0.39 is 0 Å². The molecule has 13 heavy (non-hydrogen) atoms. The van der Waals surface area contributed by atoms with Gasteiger partial charge in [0.1, 0.15) is 0 Å². The lowest BCUT2D eigenvalue weighted by Crippen LogP contribution is -2.17. The predicted molar refractivity (Wildman–Crippen MR) is 60.6 cm³/mol. The van der Waals surface area contributed by atoms with E-state index in [2.05, 4.69) is 32.6 Å². The third kappa shape index (κ3) is 7.54. The molecule has 0 aliphatic carbocycles. The van der Waals surface area contributed by atoms with Crippen LogP contribution in [0.5, 0.6) is 0 Å². The maximum Gasteiger partial charge on any atom is 0.00391 e. The molecule has 74 valence electrons. The van der Waals surface area contributed by atoms with Gasteiger partial charge in [0.2, 0.25) is 0 Å². The van der Waals surface area contributed by atoms with Gasteiger partial charge in [-0.05, 0) is 26.2 Å². The Labute approximate surface area is 82.0 Å². The highest BCUT2D eigenvalue weighted by Gasteiger charge is 1.95. The lowest BCUT2D eigenvalue weighted by Gasteiger charge is -2.05. The first-order chi connectivity index (χ1) is 6.20. The summed E-state index contributed by atoms with van der Waals surface area (Å²) < 4.78 is 0.